The molecule has 1 saturated heterocycles. The first-order valence-electron chi connectivity index (χ1n) is 10.5. The van der Waals surface area contributed by atoms with Crippen molar-refractivity contribution < 1.29 is 21.6 Å². The highest BCUT2D eigenvalue weighted by Crippen LogP contribution is 2.24. The number of amides is 1. The Labute approximate surface area is 190 Å². The summed E-state index contributed by atoms with van der Waals surface area (Å²) >= 11 is 0. The Bertz CT molecular complexity index is 1150. The van der Waals surface area contributed by atoms with E-state index in [4.69, 9.17) is 0 Å². The van der Waals surface area contributed by atoms with Crippen molar-refractivity contribution in [3.8, 4) is 0 Å². The number of carbonyl (C=O) groups is 1. The molecule has 1 fully saturated rings. The Hall–Kier alpha value is -2.43. The molecule has 0 radical (unpaired) electrons. The van der Waals surface area contributed by atoms with Gasteiger partial charge in [0.05, 0.1) is 16.8 Å². The van der Waals surface area contributed by atoms with Gasteiger partial charge in [-0.3, -0.25) is 9.10 Å². The van der Waals surface area contributed by atoms with Gasteiger partial charge in [-0.25, -0.2) is 16.8 Å². The molecule has 2 aromatic carbocycles. The molecule has 8 nitrogen and oxygen atoms in total. The fourth-order valence-corrected chi connectivity index (χ4v) is 5.92. The van der Waals surface area contributed by atoms with Crippen LogP contribution in [0.1, 0.15) is 38.2 Å². The lowest BCUT2D eigenvalue weighted by molar-refractivity contribution is -0.114. The lowest BCUT2D eigenvalue weighted by Gasteiger charge is -2.22. The highest BCUT2D eigenvalue weighted by Gasteiger charge is 2.27. The van der Waals surface area contributed by atoms with Crippen molar-refractivity contribution >= 4 is 37.3 Å². The van der Waals surface area contributed by atoms with Crippen LogP contribution in [0.15, 0.2) is 53.4 Å². The Kier molecular flexibility index (Phi) is 7.26. The second kappa shape index (κ2) is 9.60. The van der Waals surface area contributed by atoms with Gasteiger partial charge in [0, 0.05) is 18.8 Å². The van der Waals surface area contributed by atoms with Crippen LogP contribution in [0.4, 0.5) is 11.4 Å². The van der Waals surface area contributed by atoms with Gasteiger partial charge in [0.15, 0.2) is 0 Å². The van der Waals surface area contributed by atoms with Gasteiger partial charge in [0.25, 0.3) is 0 Å². The zero-order valence-electron chi connectivity index (χ0n) is 18.5. The van der Waals surface area contributed by atoms with Gasteiger partial charge in [-0.1, -0.05) is 26.0 Å². The second-order valence-electron chi connectivity index (χ2n) is 8.20. The van der Waals surface area contributed by atoms with Crippen LogP contribution < -0.4 is 9.62 Å². The minimum atomic E-state index is -3.69. The summed E-state index contributed by atoms with van der Waals surface area (Å²) in [4.78, 5) is 12.7. The van der Waals surface area contributed by atoms with Crippen molar-refractivity contribution in [1.29, 1.82) is 0 Å². The van der Waals surface area contributed by atoms with Gasteiger partial charge in [-0.05, 0) is 60.7 Å². The number of hydrogen-bond donors (Lipinski definition) is 1. The molecule has 0 spiro atoms. The summed E-state index contributed by atoms with van der Waals surface area (Å²) in [5.41, 5.74) is 1.86. The van der Waals surface area contributed by atoms with Crippen molar-refractivity contribution in [2.45, 2.75) is 37.5 Å². The first-order chi connectivity index (χ1) is 15.0. The SMILES string of the molecule is CC(C)c1ccc(N(CC(=O)Nc2ccc(S(=O)(=O)N3CCCC3)cc2)S(C)(=O)=O)cc1. The Morgan fingerprint density at radius 2 is 1.53 bits per heavy atom. The van der Waals surface area contributed by atoms with Gasteiger partial charge in [-0.2, -0.15) is 4.31 Å². The molecule has 3 rings (SSSR count). The first-order valence-corrected chi connectivity index (χ1v) is 13.7. The second-order valence-corrected chi connectivity index (χ2v) is 12.0. The molecular formula is C22H29N3O5S2. The average molecular weight is 480 g/mol. The molecule has 2 aromatic rings. The maximum Gasteiger partial charge on any atom is 0.245 e. The first kappa shape index (κ1) is 24.2. The van der Waals surface area contributed by atoms with Gasteiger partial charge < -0.3 is 5.32 Å². The number of carbonyl (C=O) groups excluding carboxylic acids is 1. The summed E-state index contributed by atoms with van der Waals surface area (Å²) < 4.78 is 52.3. The van der Waals surface area contributed by atoms with Crippen LogP contribution in [0, 0.1) is 0 Å². The molecule has 0 aliphatic carbocycles. The van der Waals surface area contributed by atoms with Crippen LogP contribution in [0.25, 0.3) is 0 Å². The quantitative estimate of drug-likeness (QED) is 0.627. The molecule has 0 unspecified atom stereocenters. The summed E-state index contributed by atoms with van der Waals surface area (Å²) in [6.07, 6.45) is 2.75. The van der Waals surface area contributed by atoms with E-state index in [1.165, 1.54) is 28.6 Å². The summed E-state index contributed by atoms with van der Waals surface area (Å²) in [7, 11) is -7.22. The van der Waals surface area contributed by atoms with Crippen molar-refractivity contribution in [1.82, 2.24) is 4.31 Å². The summed E-state index contributed by atoms with van der Waals surface area (Å²) in [6.45, 7) is 4.71. The number of nitrogens with zero attached hydrogens (tertiary/aromatic N) is 2. The van der Waals surface area contributed by atoms with E-state index in [1.54, 1.807) is 12.1 Å². The van der Waals surface area contributed by atoms with Crippen LogP contribution in [0.3, 0.4) is 0 Å². The molecule has 0 saturated carbocycles. The monoisotopic (exact) mass is 479 g/mol. The van der Waals surface area contributed by atoms with E-state index in [1.807, 2.05) is 26.0 Å². The van der Waals surface area contributed by atoms with E-state index in [-0.39, 0.29) is 4.90 Å². The number of rotatable bonds is 8. The molecule has 1 N–H and O–H groups in total. The maximum absolute atomic E-state index is 12.6. The highest BCUT2D eigenvalue weighted by molar-refractivity contribution is 7.92. The van der Waals surface area contributed by atoms with Crippen molar-refractivity contribution in [3.05, 3.63) is 54.1 Å². The minimum absolute atomic E-state index is 0.167. The average Bonchev–Trinajstić information content (AvgIpc) is 3.27. The van der Waals surface area contributed by atoms with Crippen LogP contribution in [0.2, 0.25) is 0 Å². The molecule has 1 heterocycles. The van der Waals surface area contributed by atoms with Crippen LogP contribution in [-0.4, -0.2) is 52.9 Å². The zero-order valence-corrected chi connectivity index (χ0v) is 20.1. The van der Waals surface area contributed by atoms with Crippen molar-refractivity contribution in [2.24, 2.45) is 0 Å². The van der Waals surface area contributed by atoms with E-state index in [0.29, 0.717) is 30.4 Å². The standard InChI is InChI=1S/C22H29N3O5S2/c1-17(2)18-6-10-20(11-7-18)25(31(3,27)28)16-22(26)23-19-8-12-21(13-9-19)32(29,30)24-14-4-5-15-24/h6-13,17H,4-5,14-16H2,1-3H3,(H,23,26). The molecule has 174 valence electrons. The smallest absolute Gasteiger partial charge is 0.245 e. The molecule has 0 aromatic heterocycles. The zero-order chi connectivity index (χ0) is 23.5. The van der Waals surface area contributed by atoms with Crippen LogP contribution >= 0.6 is 0 Å². The molecule has 1 aliphatic heterocycles. The summed E-state index contributed by atoms with van der Waals surface area (Å²) in [6, 6.07) is 12.9. The maximum atomic E-state index is 12.6. The van der Waals surface area contributed by atoms with Gasteiger partial charge >= 0.3 is 0 Å². The molecule has 0 atom stereocenters. The third-order valence-electron chi connectivity index (χ3n) is 5.38. The van der Waals surface area contributed by atoms with Gasteiger partial charge in [0.1, 0.15) is 6.54 Å². The topological polar surface area (TPSA) is 104 Å². The summed E-state index contributed by atoms with van der Waals surface area (Å²) in [5, 5.41) is 2.64. The van der Waals surface area contributed by atoms with Crippen LogP contribution in [-0.2, 0) is 24.8 Å². The lowest BCUT2D eigenvalue weighted by atomic mass is 10.0. The predicted octanol–water partition coefficient (Wildman–Crippen LogP) is 3.00. The largest absolute Gasteiger partial charge is 0.325 e. The minimum Gasteiger partial charge on any atom is -0.325 e. The Balaban J connectivity index is 1.71. The lowest BCUT2D eigenvalue weighted by Crippen LogP contribution is -2.37. The Morgan fingerprint density at radius 1 is 0.969 bits per heavy atom. The normalized spacial score (nSPS) is 15.1. The number of sulfonamides is 2. The van der Waals surface area contributed by atoms with E-state index in [2.05, 4.69) is 5.32 Å². The highest BCUT2D eigenvalue weighted by atomic mass is 32.2. The van der Waals surface area contributed by atoms with E-state index in [0.717, 1.165) is 29.0 Å². The van der Waals surface area contributed by atoms with E-state index < -0.39 is 32.5 Å². The number of hydrogen-bond acceptors (Lipinski definition) is 5. The molecule has 32 heavy (non-hydrogen) atoms. The molecule has 0 bridgehead atoms. The Morgan fingerprint density at radius 3 is 2.03 bits per heavy atom. The number of benzene rings is 2. The van der Waals surface area contributed by atoms with Crippen molar-refractivity contribution in [2.75, 3.05) is 35.5 Å². The van der Waals surface area contributed by atoms with Crippen LogP contribution in [0.5, 0.6) is 0 Å². The number of anilines is 2. The molecule has 10 heteroatoms. The predicted molar refractivity (Wildman–Crippen MR) is 126 cm³/mol. The van der Waals surface area contributed by atoms with E-state index >= 15 is 0 Å². The van der Waals surface area contributed by atoms with E-state index in [9.17, 15) is 21.6 Å². The van der Waals surface area contributed by atoms with Gasteiger partial charge in [0.2, 0.25) is 26.0 Å². The molecule has 1 amide bonds. The van der Waals surface area contributed by atoms with Crippen molar-refractivity contribution in [3.63, 3.8) is 0 Å². The fraction of sp³-hybridized carbons (Fsp3) is 0.409. The van der Waals surface area contributed by atoms with Gasteiger partial charge in [-0.15, -0.1) is 0 Å². The third kappa shape index (κ3) is 5.67. The number of nitrogens with one attached hydrogen (secondary N) is 1. The third-order valence-corrected chi connectivity index (χ3v) is 8.43. The summed E-state index contributed by atoms with van der Waals surface area (Å²) in [5.74, 6) is -0.227. The molecular weight excluding hydrogens is 450 g/mol. The fourth-order valence-electron chi connectivity index (χ4n) is 3.54. The molecule has 1 aliphatic rings.